The van der Waals surface area contributed by atoms with Gasteiger partial charge < -0.3 is 20.1 Å². The van der Waals surface area contributed by atoms with E-state index < -0.39 is 54.1 Å². The summed E-state index contributed by atoms with van der Waals surface area (Å²) in [6.07, 6.45) is -9.39. The Kier molecular flexibility index (Phi) is 4.75. The molecule has 0 saturated carbocycles. The van der Waals surface area contributed by atoms with E-state index in [-0.39, 0.29) is 6.08 Å². The predicted octanol–water partition coefficient (Wildman–Crippen LogP) is -1.28. The third kappa shape index (κ3) is 3.69. The lowest BCUT2D eigenvalue weighted by molar-refractivity contribution is -0.0790. The Balaban J connectivity index is 2.42. The molecule has 0 bridgehead atoms. The van der Waals surface area contributed by atoms with E-state index in [1.54, 1.807) is 4.98 Å². The first-order valence-electron chi connectivity index (χ1n) is 6.38. The minimum atomic E-state index is -4.66. The van der Waals surface area contributed by atoms with Crippen molar-refractivity contribution in [3.05, 3.63) is 38.7 Å². The van der Waals surface area contributed by atoms with Crippen molar-refractivity contribution in [1.29, 1.82) is 0 Å². The Hall–Kier alpha value is -1.95. The van der Waals surface area contributed by atoms with Crippen LogP contribution in [0.2, 0.25) is 0 Å². The normalized spacial score (nSPS) is 28.6. The highest BCUT2D eigenvalue weighted by Crippen LogP contribution is 2.28. The number of aliphatic hydroxyl groups is 3. The first kappa shape index (κ1) is 17.4. The molecule has 0 amide bonds. The van der Waals surface area contributed by atoms with Gasteiger partial charge in [0.25, 0.3) is 5.56 Å². The monoisotopic (exact) mass is 338 g/mol. The molecule has 11 heteroatoms. The topological polar surface area (TPSA) is 125 Å². The smallest absolute Gasteiger partial charge is 0.394 e. The van der Waals surface area contributed by atoms with Crippen LogP contribution in [-0.4, -0.2) is 56.0 Å². The van der Waals surface area contributed by atoms with E-state index in [1.165, 1.54) is 0 Å². The molecule has 1 aliphatic heterocycles. The van der Waals surface area contributed by atoms with Gasteiger partial charge in [0.2, 0.25) is 0 Å². The van der Waals surface area contributed by atoms with Crippen LogP contribution in [0.3, 0.4) is 0 Å². The van der Waals surface area contributed by atoms with Crippen LogP contribution in [0.25, 0.3) is 6.08 Å². The molecule has 8 nitrogen and oxygen atoms in total. The van der Waals surface area contributed by atoms with Crippen molar-refractivity contribution in [3.8, 4) is 0 Å². The molecule has 1 aliphatic rings. The van der Waals surface area contributed by atoms with Gasteiger partial charge in [-0.15, -0.1) is 0 Å². The number of aliphatic hydroxyl groups excluding tert-OH is 3. The minimum absolute atomic E-state index is 0.191. The molecule has 0 unspecified atom stereocenters. The molecule has 1 fully saturated rings. The Labute approximate surface area is 126 Å². The molecule has 4 N–H and O–H groups in total. The van der Waals surface area contributed by atoms with Gasteiger partial charge in [-0.1, -0.05) is 0 Å². The standard InChI is InChI=1S/C12H13F3N2O6/c13-12(14,15)2-1-5-3-17(11(22)16-9(5)21)10-8(20)7(19)6(4-18)23-10/h1-3,6-8,10,18-20H,4H2,(H,16,21,22)/t6-,7-,8-,10-/m1/s1. The average molecular weight is 338 g/mol. The molecule has 0 aromatic carbocycles. The zero-order valence-electron chi connectivity index (χ0n) is 11.4. The average Bonchev–Trinajstić information content (AvgIpc) is 2.73. The van der Waals surface area contributed by atoms with Crippen molar-refractivity contribution in [2.45, 2.75) is 30.7 Å². The summed E-state index contributed by atoms with van der Waals surface area (Å²) in [5, 5.41) is 28.4. The van der Waals surface area contributed by atoms with E-state index in [4.69, 9.17) is 9.84 Å². The highest BCUT2D eigenvalue weighted by molar-refractivity contribution is 5.47. The summed E-state index contributed by atoms with van der Waals surface area (Å²) in [7, 11) is 0. The van der Waals surface area contributed by atoms with Gasteiger partial charge in [0.05, 0.1) is 12.2 Å². The van der Waals surface area contributed by atoms with Crippen molar-refractivity contribution >= 4 is 6.08 Å². The van der Waals surface area contributed by atoms with Crippen LogP contribution in [0.15, 0.2) is 21.9 Å². The molecule has 2 rings (SSSR count). The lowest BCUT2D eigenvalue weighted by Crippen LogP contribution is -2.38. The van der Waals surface area contributed by atoms with Crippen molar-refractivity contribution in [2.24, 2.45) is 0 Å². The van der Waals surface area contributed by atoms with Crippen LogP contribution in [0, 0.1) is 0 Å². The first-order valence-corrected chi connectivity index (χ1v) is 6.38. The zero-order chi connectivity index (χ0) is 17.4. The summed E-state index contributed by atoms with van der Waals surface area (Å²) >= 11 is 0. The number of alkyl halides is 3. The number of aromatic nitrogens is 2. The summed E-state index contributed by atoms with van der Waals surface area (Å²) in [5.41, 5.74) is -2.60. The van der Waals surface area contributed by atoms with E-state index in [0.29, 0.717) is 10.6 Å². The minimum Gasteiger partial charge on any atom is -0.394 e. The van der Waals surface area contributed by atoms with Crippen molar-refractivity contribution in [2.75, 3.05) is 6.61 Å². The molecule has 1 aromatic heterocycles. The predicted molar refractivity (Wildman–Crippen MR) is 69.4 cm³/mol. The number of allylic oxidation sites excluding steroid dienone is 1. The Morgan fingerprint density at radius 3 is 2.48 bits per heavy atom. The SMILES string of the molecule is O=c1[nH]c(=O)n([C@@H]2O[C@H](CO)[C@@H](O)[C@H]2O)cc1C=CC(F)(F)F. The lowest BCUT2D eigenvalue weighted by atomic mass is 10.1. The van der Waals surface area contributed by atoms with Crippen LogP contribution in [0.1, 0.15) is 11.8 Å². The maximum atomic E-state index is 12.2. The maximum Gasteiger partial charge on any atom is 0.409 e. The van der Waals surface area contributed by atoms with Gasteiger partial charge in [0.15, 0.2) is 6.23 Å². The van der Waals surface area contributed by atoms with Gasteiger partial charge >= 0.3 is 11.9 Å². The number of halogens is 3. The number of nitrogens with zero attached hydrogens (tertiary/aromatic N) is 1. The molecule has 0 radical (unpaired) electrons. The lowest BCUT2D eigenvalue weighted by Gasteiger charge is -2.17. The Morgan fingerprint density at radius 2 is 1.96 bits per heavy atom. The number of aromatic amines is 1. The highest BCUT2D eigenvalue weighted by atomic mass is 19.4. The second-order valence-electron chi connectivity index (χ2n) is 4.85. The summed E-state index contributed by atoms with van der Waals surface area (Å²) in [4.78, 5) is 25.1. The van der Waals surface area contributed by atoms with Crippen LogP contribution >= 0.6 is 0 Å². The van der Waals surface area contributed by atoms with Gasteiger partial charge in [-0.05, 0) is 6.08 Å². The van der Waals surface area contributed by atoms with E-state index in [0.717, 1.165) is 6.20 Å². The molecule has 1 aromatic rings. The van der Waals surface area contributed by atoms with E-state index in [1.807, 2.05) is 0 Å². The molecule has 0 aliphatic carbocycles. The van der Waals surface area contributed by atoms with Gasteiger partial charge in [0.1, 0.15) is 18.3 Å². The molecular weight excluding hydrogens is 325 g/mol. The van der Waals surface area contributed by atoms with Crippen molar-refractivity contribution in [3.63, 3.8) is 0 Å². The number of hydrogen-bond acceptors (Lipinski definition) is 6. The van der Waals surface area contributed by atoms with Crippen molar-refractivity contribution < 1.29 is 33.2 Å². The van der Waals surface area contributed by atoms with Gasteiger partial charge in [-0.3, -0.25) is 14.3 Å². The van der Waals surface area contributed by atoms with E-state index >= 15 is 0 Å². The highest BCUT2D eigenvalue weighted by Gasteiger charge is 2.43. The van der Waals surface area contributed by atoms with Crippen LogP contribution < -0.4 is 11.2 Å². The molecule has 23 heavy (non-hydrogen) atoms. The van der Waals surface area contributed by atoms with Crippen LogP contribution in [0.4, 0.5) is 13.2 Å². The van der Waals surface area contributed by atoms with Gasteiger partial charge in [-0.2, -0.15) is 13.2 Å². The maximum absolute atomic E-state index is 12.2. The largest absolute Gasteiger partial charge is 0.409 e. The third-order valence-corrected chi connectivity index (χ3v) is 3.24. The summed E-state index contributed by atoms with van der Waals surface area (Å²) in [5.74, 6) is 0. The number of H-pyrrole nitrogens is 1. The fourth-order valence-corrected chi connectivity index (χ4v) is 2.10. The van der Waals surface area contributed by atoms with Gasteiger partial charge in [0, 0.05) is 12.3 Å². The quantitative estimate of drug-likeness (QED) is 0.544. The Morgan fingerprint density at radius 1 is 1.30 bits per heavy atom. The molecule has 2 heterocycles. The Bertz CT molecular complexity index is 710. The fourth-order valence-electron chi connectivity index (χ4n) is 2.10. The zero-order valence-corrected chi connectivity index (χ0v) is 11.4. The number of ether oxygens (including phenoxy) is 1. The molecule has 1 saturated heterocycles. The molecule has 0 spiro atoms. The molecule has 4 atom stereocenters. The fraction of sp³-hybridized carbons (Fsp3) is 0.500. The second kappa shape index (κ2) is 6.28. The summed E-state index contributed by atoms with van der Waals surface area (Å²) in [6.45, 7) is -0.645. The summed E-state index contributed by atoms with van der Waals surface area (Å²) < 4.78 is 42.2. The summed E-state index contributed by atoms with van der Waals surface area (Å²) in [6, 6.07) is 0. The third-order valence-electron chi connectivity index (χ3n) is 3.24. The molecule has 128 valence electrons. The van der Waals surface area contributed by atoms with E-state index in [2.05, 4.69) is 0 Å². The van der Waals surface area contributed by atoms with Crippen molar-refractivity contribution in [1.82, 2.24) is 9.55 Å². The number of nitrogens with one attached hydrogen (secondary N) is 1. The second-order valence-corrected chi connectivity index (χ2v) is 4.85. The van der Waals surface area contributed by atoms with E-state index in [9.17, 15) is 33.0 Å². The van der Waals surface area contributed by atoms with Gasteiger partial charge in [-0.25, -0.2) is 4.79 Å². The van der Waals surface area contributed by atoms with Crippen LogP contribution in [-0.2, 0) is 4.74 Å². The van der Waals surface area contributed by atoms with Crippen LogP contribution in [0.5, 0.6) is 0 Å². The number of rotatable bonds is 3. The molecular formula is C12H13F3N2O6. The number of hydrogen-bond donors (Lipinski definition) is 4. The first-order chi connectivity index (χ1) is 10.6.